The molecule has 0 aliphatic rings. The highest BCUT2D eigenvalue weighted by atomic mass is 15.0. The molecule has 0 amide bonds. The Balaban J connectivity index is 2.06. The minimum absolute atomic E-state index is 0.967. The van der Waals surface area contributed by atoms with Gasteiger partial charge in [-0.05, 0) is 36.3 Å². The molecule has 0 atom stereocenters. The number of rotatable bonds is 0. The summed E-state index contributed by atoms with van der Waals surface area (Å²) >= 11 is 0. The average molecular weight is 232 g/mol. The Bertz CT molecular complexity index is 743. The van der Waals surface area contributed by atoms with E-state index in [2.05, 4.69) is 29.0 Å². The number of hydrogen-bond acceptors (Lipinski definition) is 1. The second kappa shape index (κ2) is 4.38. The van der Waals surface area contributed by atoms with Crippen molar-refractivity contribution in [3.05, 3.63) is 66.0 Å². The fourth-order valence-electron chi connectivity index (χ4n) is 1.94. The van der Waals surface area contributed by atoms with E-state index in [0.717, 1.165) is 22.3 Å². The van der Waals surface area contributed by atoms with Crippen molar-refractivity contribution in [2.75, 3.05) is 0 Å². The molecule has 0 bridgehead atoms. The first-order valence-electron chi connectivity index (χ1n) is 5.82. The Morgan fingerprint density at radius 2 is 1.83 bits per heavy atom. The van der Waals surface area contributed by atoms with Gasteiger partial charge in [-0.3, -0.25) is 0 Å². The smallest absolute Gasteiger partial charge is 0.140 e. The maximum atomic E-state index is 4.35. The average Bonchev–Trinajstić information content (AvgIpc) is 2.75. The quantitative estimate of drug-likeness (QED) is 0.545. The van der Waals surface area contributed by atoms with Gasteiger partial charge in [-0.1, -0.05) is 24.1 Å². The van der Waals surface area contributed by atoms with Crippen LogP contribution in [-0.4, -0.2) is 9.55 Å². The monoisotopic (exact) mass is 232 g/mol. The van der Waals surface area contributed by atoms with Crippen molar-refractivity contribution in [1.29, 1.82) is 0 Å². The lowest BCUT2D eigenvalue weighted by Gasteiger charge is -1.95. The van der Waals surface area contributed by atoms with Crippen LogP contribution in [0.4, 0.5) is 0 Å². The number of aryl methyl sites for hydroxylation is 1. The van der Waals surface area contributed by atoms with E-state index in [0.29, 0.717) is 0 Å². The molecule has 2 nitrogen and oxygen atoms in total. The standard InChI is InChI=1S/C16H12N2/c1-18-15(10-9-13-6-3-2-4-7-13)12-14-8-5-11-17-16(14)18/h2-8,11-12H,1H3. The molecule has 2 heteroatoms. The van der Waals surface area contributed by atoms with E-state index in [1.54, 1.807) is 6.20 Å². The van der Waals surface area contributed by atoms with Gasteiger partial charge < -0.3 is 4.57 Å². The van der Waals surface area contributed by atoms with Crippen molar-refractivity contribution in [2.45, 2.75) is 0 Å². The maximum Gasteiger partial charge on any atom is 0.140 e. The van der Waals surface area contributed by atoms with E-state index in [1.807, 2.05) is 48.0 Å². The number of benzene rings is 1. The van der Waals surface area contributed by atoms with Crippen LogP contribution in [-0.2, 0) is 7.05 Å². The molecule has 0 aliphatic carbocycles. The van der Waals surface area contributed by atoms with Gasteiger partial charge >= 0.3 is 0 Å². The van der Waals surface area contributed by atoms with Crippen molar-refractivity contribution < 1.29 is 0 Å². The highest BCUT2D eigenvalue weighted by Gasteiger charge is 2.02. The number of pyridine rings is 1. The Morgan fingerprint density at radius 3 is 2.61 bits per heavy atom. The van der Waals surface area contributed by atoms with Gasteiger partial charge in [0.05, 0.1) is 5.69 Å². The van der Waals surface area contributed by atoms with Gasteiger partial charge in [-0.25, -0.2) is 4.98 Å². The number of hydrogen-bond donors (Lipinski definition) is 0. The summed E-state index contributed by atoms with van der Waals surface area (Å²) in [5.74, 6) is 6.36. The van der Waals surface area contributed by atoms with E-state index in [9.17, 15) is 0 Å². The molecule has 0 saturated carbocycles. The first kappa shape index (κ1) is 10.6. The SMILES string of the molecule is Cn1c(C#Cc2ccccc2)cc2cccnc21. The number of fused-ring (bicyclic) bond motifs is 1. The van der Waals surface area contributed by atoms with Gasteiger partial charge in [-0.15, -0.1) is 0 Å². The molecule has 0 fully saturated rings. The van der Waals surface area contributed by atoms with Crippen LogP contribution in [0.2, 0.25) is 0 Å². The van der Waals surface area contributed by atoms with Crippen molar-refractivity contribution in [1.82, 2.24) is 9.55 Å². The largest absolute Gasteiger partial charge is 0.322 e. The van der Waals surface area contributed by atoms with E-state index in [4.69, 9.17) is 0 Å². The van der Waals surface area contributed by atoms with Crippen LogP contribution in [0.15, 0.2) is 54.7 Å². The normalized spacial score (nSPS) is 10.1. The van der Waals surface area contributed by atoms with Crippen molar-refractivity contribution in [3.63, 3.8) is 0 Å². The van der Waals surface area contributed by atoms with Gasteiger partial charge in [0.1, 0.15) is 5.65 Å². The van der Waals surface area contributed by atoms with Crippen LogP contribution < -0.4 is 0 Å². The highest BCUT2D eigenvalue weighted by molar-refractivity contribution is 5.78. The van der Waals surface area contributed by atoms with Gasteiger partial charge in [0.15, 0.2) is 0 Å². The Morgan fingerprint density at radius 1 is 1.00 bits per heavy atom. The minimum Gasteiger partial charge on any atom is -0.322 e. The highest BCUT2D eigenvalue weighted by Crippen LogP contribution is 2.15. The van der Waals surface area contributed by atoms with E-state index >= 15 is 0 Å². The summed E-state index contributed by atoms with van der Waals surface area (Å²) in [6, 6.07) is 16.1. The van der Waals surface area contributed by atoms with E-state index < -0.39 is 0 Å². The van der Waals surface area contributed by atoms with Gasteiger partial charge in [0, 0.05) is 24.2 Å². The van der Waals surface area contributed by atoms with Gasteiger partial charge in [0.25, 0.3) is 0 Å². The van der Waals surface area contributed by atoms with Crippen LogP contribution in [0.1, 0.15) is 11.3 Å². The van der Waals surface area contributed by atoms with Crippen molar-refractivity contribution in [2.24, 2.45) is 7.05 Å². The molecule has 3 aromatic rings. The fourth-order valence-corrected chi connectivity index (χ4v) is 1.94. The van der Waals surface area contributed by atoms with Crippen molar-refractivity contribution in [3.8, 4) is 11.8 Å². The molecule has 0 saturated heterocycles. The maximum absolute atomic E-state index is 4.35. The summed E-state index contributed by atoms with van der Waals surface area (Å²) < 4.78 is 2.02. The van der Waals surface area contributed by atoms with E-state index in [-0.39, 0.29) is 0 Å². The zero-order valence-corrected chi connectivity index (χ0v) is 10.1. The molecule has 86 valence electrons. The zero-order valence-electron chi connectivity index (χ0n) is 10.1. The third-order valence-electron chi connectivity index (χ3n) is 2.90. The van der Waals surface area contributed by atoms with Crippen LogP contribution in [0, 0.1) is 11.8 Å². The summed E-state index contributed by atoms with van der Waals surface area (Å²) in [6.07, 6.45) is 1.80. The van der Waals surface area contributed by atoms with Crippen molar-refractivity contribution >= 4 is 11.0 Å². The Labute approximate surface area is 106 Å². The van der Waals surface area contributed by atoms with Crippen LogP contribution in [0.5, 0.6) is 0 Å². The molecular weight excluding hydrogens is 220 g/mol. The molecule has 0 N–H and O–H groups in total. The summed E-state index contributed by atoms with van der Waals surface area (Å²) in [6.45, 7) is 0. The minimum atomic E-state index is 0.967. The second-order valence-electron chi connectivity index (χ2n) is 4.12. The van der Waals surface area contributed by atoms with E-state index in [1.165, 1.54) is 0 Å². The zero-order chi connectivity index (χ0) is 12.4. The number of nitrogens with zero attached hydrogens (tertiary/aromatic N) is 2. The van der Waals surface area contributed by atoms with Crippen LogP contribution in [0.3, 0.4) is 0 Å². The van der Waals surface area contributed by atoms with Crippen LogP contribution >= 0.6 is 0 Å². The molecule has 1 aromatic carbocycles. The molecule has 0 spiro atoms. The molecule has 2 heterocycles. The van der Waals surface area contributed by atoms with Gasteiger partial charge in [0.2, 0.25) is 0 Å². The molecular formula is C16H12N2. The molecule has 0 unspecified atom stereocenters. The number of aromatic nitrogens is 2. The van der Waals surface area contributed by atoms with Gasteiger partial charge in [-0.2, -0.15) is 0 Å². The first-order chi connectivity index (χ1) is 8.84. The topological polar surface area (TPSA) is 17.8 Å². The lowest BCUT2D eigenvalue weighted by Crippen LogP contribution is -1.92. The molecule has 2 aromatic heterocycles. The molecule has 18 heavy (non-hydrogen) atoms. The summed E-state index contributed by atoms with van der Waals surface area (Å²) in [5.41, 5.74) is 2.97. The first-order valence-corrected chi connectivity index (χ1v) is 5.82. The third kappa shape index (κ3) is 1.87. The summed E-state index contributed by atoms with van der Waals surface area (Å²) in [5, 5.41) is 1.12. The Kier molecular flexibility index (Phi) is 2.59. The summed E-state index contributed by atoms with van der Waals surface area (Å²) in [4.78, 5) is 4.35. The summed E-state index contributed by atoms with van der Waals surface area (Å²) in [7, 11) is 1.99. The Hall–Kier alpha value is -2.53. The predicted molar refractivity (Wildman–Crippen MR) is 73.1 cm³/mol. The van der Waals surface area contributed by atoms with Crippen LogP contribution in [0.25, 0.3) is 11.0 Å². The lowest BCUT2D eigenvalue weighted by atomic mass is 10.2. The predicted octanol–water partition coefficient (Wildman–Crippen LogP) is 2.97. The fraction of sp³-hybridized carbons (Fsp3) is 0.0625. The third-order valence-corrected chi connectivity index (χ3v) is 2.90. The second-order valence-corrected chi connectivity index (χ2v) is 4.12. The molecule has 0 aliphatic heterocycles. The molecule has 0 radical (unpaired) electrons. The molecule has 3 rings (SSSR count). The lowest BCUT2D eigenvalue weighted by molar-refractivity contribution is 0.932.